The van der Waals surface area contributed by atoms with Gasteiger partial charge in [0.2, 0.25) is 10.4 Å². The number of hydrogen-bond acceptors (Lipinski definition) is 1. The van der Waals surface area contributed by atoms with Crippen molar-refractivity contribution >= 4 is 20.6 Å². The molecule has 5 heteroatoms. The van der Waals surface area contributed by atoms with Crippen LogP contribution in [0.3, 0.4) is 0 Å². The summed E-state index contributed by atoms with van der Waals surface area (Å²) in [4.78, 5) is 10.5. The second-order valence-electron chi connectivity index (χ2n) is 2.31. The van der Waals surface area contributed by atoms with Crippen LogP contribution in [-0.4, -0.2) is 16.5 Å². The Labute approximate surface area is 75.1 Å². The lowest BCUT2D eigenvalue weighted by Gasteiger charge is -2.22. The third-order valence-electron chi connectivity index (χ3n) is 1.51. The Morgan fingerprint density at radius 1 is 1.67 bits per heavy atom. The van der Waals surface area contributed by atoms with E-state index in [1.54, 1.807) is 0 Å². The summed E-state index contributed by atoms with van der Waals surface area (Å²) in [5.41, 5.74) is -2.90. The molecule has 0 bridgehead atoms. The third-order valence-corrected chi connectivity index (χ3v) is 2.11. The van der Waals surface area contributed by atoms with E-state index in [9.17, 15) is 18.0 Å². The number of carbonyl (C=O) groups excluding carboxylic acids is 1. The summed E-state index contributed by atoms with van der Waals surface area (Å²) in [5, 5.41) is 0. The average molecular weight is 241 g/mol. The Balaban J connectivity index is 3.03. The monoisotopic (exact) mass is 240 g/mol. The number of halogens is 4. The van der Waals surface area contributed by atoms with Crippen LogP contribution in [-0.2, 0) is 4.79 Å². The summed E-state index contributed by atoms with van der Waals surface area (Å²) < 4.78 is 37.2. The predicted octanol–water partition coefficient (Wildman–Crippen LogP) is 2.38. The van der Waals surface area contributed by atoms with E-state index in [1.807, 2.05) is 0 Å². The molecule has 1 nitrogen and oxygen atoms in total. The summed E-state index contributed by atoms with van der Waals surface area (Å²) in [6, 6.07) is 0. The van der Waals surface area contributed by atoms with Gasteiger partial charge in [-0.15, -0.1) is 0 Å². The van der Waals surface area contributed by atoms with Gasteiger partial charge in [-0.25, -0.2) is 13.2 Å². The largest absolute Gasteiger partial charge is 0.282 e. The van der Waals surface area contributed by atoms with Crippen molar-refractivity contribution in [3.63, 3.8) is 0 Å². The average Bonchev–Trinajstić information content (AvgIpc) is 2.00. The fourth-order valence-corrected chi connectivity index (χ4v) is 1.15. The van der Waals surface area contributed by atoms with Crippen molar-refractivity contribution in [2.45, 2.75) is 11.8 Å². The molecule has 0 radical (unpaired) electrons. The van der Waals surface area contributed by atoms with Gasteiger partial charge in [-0.1, -0.05) is 6.08 Å². The molecule has 0 aromatic carbocycles. The Morgan fingerprint density at radius 3 is 2.67 bits per heavy atom. The molecule has 2 unspecified atom stereocenters. The molecule has 66 valence electrons. The highest BCUT2D eigenvalue weighted by Crippen LogP contribution is 2.33. The van der Waals surface area contributed by atoms with Gasteiger partial charge in [0.15, 0.2) is 6.17 Å². The van der Waals surface area contributed by atoms with Crippen LogP contribution in [0.15, 0.2) is 24.1 Å². The quantitative estimate of drug-likeness (QED) is 0.644. The van der Waals surface area contributed by atoms with Crippen LogP contribution in [0.2, 0.25) is 0 Å². The lowest BCUT2D eigenvalue weighted by molar-refractivity contribution is -0.121. The van der Waals surface area contributed by atoms with E-state index in [4.69, 9.17) is 0 Å². The highest BCUT2D eigenvalue weighted by molar-refractivity contribution is 9.18. The van der Waals surface area contributed by atoms with Gasteiger partial charge in [0.1, 0.15) is 5.83 Å². The van der Waals surface area contributed by atoms with Crippen LogP contribution in [0.5, 0.6) is 0 Å². The molecule has 0 saturated carbocycles. The van der Waals surface area contributed by atoms with Gasteiger partial charge < -0.3 is 0 Å². The standard InChI is InChI=1S/C7H4BrF3O/c8-6(12)7(11)3-1-2-4(9)5(7)10/h1-3,5H. The van der Waals surface area contributed by atoms with Gasteiger partial charge in [-0.05, 0) is 28.1 Å². The minimum Gasteiger partial charge on any atom is -0.282 e. The summed E-state index contributed by atoms with van der Waals surface area (Å²) in [6.07, 6.45) is -0.129. The molecule has 0 fully saturated rings. The zero-order valence-electron chi connectivity index (χ0n) is 5.73. The Kier molecular flexibility index (Phi) is 2.41. The van der Waals surface area contributed by atoms with Crippen LogP contribution < -0.4 is 0 Å². The maximum atomic E-state index is 13.2. The molecule has 0 N–H and O–H groups in total. The highest BCUT2D eigenvalue weighted by Gasteiger charge is 2.47. The molecular formula is C7H4BrF3O. The van der Waals surface area contributed by atoms with Crippen LogP contribution in [0, 0.1) is 0 Å². The first kappa shape index (κ1) is 9.51. The second kappa shape index (κ2) is 3.05. The molecule has 0 spiro atoms. The molecule has 1 aliphatic carbocycles. The first-order valence-corrected chi connectivity index (χ1v) is 3.85. The van der Waals surface area contributed by atoms with Crippen molar-refractivity contribution in [2.24, 2.45) is 0 Å². The zero-order valence-corrected chi connectivity index (χ0v) is 7.32. The van der Waals surface area contributed by atoms with E-state index >= 15 is 0 Å². The number of hydrogen-bond donors (Lipinski definition) is 0. The lowest BCUT2D eigenvalue weighted by Crippen LogP contribution is -2.40. The molecule has 0 saturated heterocycles. The van der Waals surface area contributed by atoms with Gasteiger partial charge in [-0.2, -0.15) is 0 Å². The molecule has 2 atom stereocenters. The van der Waals surface area contributed by atoms with Crippen molar-refractivity contribution < 1.29 is 18.0 Å². The first-order valence-electron chi connectivity index (χ1n) is 3.06. The van der Waals surface area contributed by atoms with E-state index in [0.717, 1.165) is 12.2 Å². The van der Waals surface area contributed by atoms with E-state index < -0.39 is 22.4 Å². The van der Waals surface area contributed by atoms with Gasteiger partial charge in [0, 0.05) is 0 Å². The van der Waals surface area contributed by atoms with Crippen molar-refractivity contribution in [3.05, 3.63) is 24.1 Å². The number of rotatable bonds is 1. The van der Waals surface area contributed by atoms with Crippen LogP contribution in [0.4, 0.5) is 13.2 Å². The third kappa shape index (κ3) is 1.33. The number of allylic oxidation sites excluding steroid dienone is 4. The van der Waals surface area contributed by atoms with Crippen molar-refractivity contribution in [3.8, 4) is 0 Å². The van der Waals surface area contributed by atoms with Crippen molar-refractivity contribution in [2.75, 3.05) is 0 Å². The fraction of sp³-hybridized carbons (Fsp3) is 0.286. The molecule has 0 aliphatic heterocycles. The van der Waals surface area contributed by atoms with E-state index in [1.165, 1.54) is 0 Å². The Hall–Kier alpha value is -0.580. The topological polar surface area (TPSA) is 17.1 Å². The van der Waals surface area contributed by atoms with E-state index in [2.05, 4.69) is 15.9 Å². The molecule has 1 aliphatic rings. The maximum Gasteiger partial charge on any atom is 0.242 e. The molecule has 0 amide bonds. The second-order valence-corrected chi connectivity index (χ2v) is 3.04. The SMILES string of the molecule is O=C(Br)C1(F)C=CC=C(F)C1F. The van der Waals surface area contributed by atoms with E-state index in [-0.39, 0.29) is 0 Å². The first-order chi connectivity index (χ1) is 5.48. The lowest BCUT2D eigenvalue weighted by atomic mass is 9.96. The molecular weight excluding hydrogens is 237 g/mol. The highest BCUT2D eigenvalue weighted by atomic mass is 79.9. The Morgan fingerprint density at radius 2 is 2.25 bits per heavy atom. The van der Waals surface area contributed by atoms with Crippen LogP contribution >= 0.6 is 15.9 Å². The summed E-state index contributed by atoms with van der Waals surface area (Å²) in [6.45, 7) is 0. The van der Waals surface area contributed by atoms with Gasteiger partial charge in [0.05, 0.1) is 0 Å². The van der Waals surface area contributed by atoms with Crippen LogP contribution in [0.1, 0.15) is 0 Å². The maximum absolute atomic E-state index is 13.2. The van der Waals surface area contributed by atoms with Gasteiger partial charge >= 0.3 is 0 Å². The molecule has 0 aromatic heterocycles. The van der Waals surface area contributed by atoms with Crippen LogP contribution in [0.25, 0.3) is 0 Å². The summed E-state index contributed by atoms with van der Waals surface area (Å²) >= 11 is 2.26. The number of alkyl halides is 2. The summed E-state index contributed by atoms with van der Waals surface area (Å²) in [7, 11) is 0. The molecule has 12 heavy (non-hydrogen) atoms. The van der Waals surface area contributed by atoms with Crippen molar-refractivity contribution in [1.82, 2.24) is 0 Å². The minimum atomic E-state index is -2.90. The summed E-state index contributed by atoms with van der Waals surface area (Å²) in [5.74, 6) is -1.28. The molecule has 0 aromatic rings. The van der Waals surface area contributed by atoms with Crippen molar-refractivity contribution in [1.29, 1.82) is 0 Å². The number of carbonyl (C=O) groups is 1. The van der Waals surface area contributed by atoms with E-state index in [0.29, 0.717) is 6.08 Å². The van der Waals surface area contributed by atoms with Gasteiger partial charge in [0.25, 0.3) is 0 Å². The predicted molar refractivity (Wildman–Crippen MR) is 41.0 cm³/mol. The smallest absolute Gasteiger partial charge is 0.242 e. The Bertz CT molecular complexity index is 274. The minimum absolute atomic E-state index is 0.678. The zero-order chi connectivity index (χ0) is 9.35. The molecule has 1 rings (SSSR count). The van der Waals surface area contributed by atoms with Gasteiger partial charge in [-0.3, -0.25) is 4.79 Å². The molecule has 0 heterocycles. The fourth-order valence-electron chi connectivity index (χ4n) is 0.815. The normalized spacial score (nSPS) is 34.7.